The second-order valence-electron chi connectivity index (χ2n) is 5.01. The molecule has 112 valence electrons. The molecular formula is C18H17NO3. The van der Waals surface area contributed by atoms with Crippen LogP contribution in [0.2, 0.25) is 0 Å². The second kappa shape index (κ2) is 5.56. The summed E-state index contributed by atoms with van der Waals surface area (Å²) < 4.78 is 12.3. The molecule has 0 aliphatic heterocycles. The molecule has 0 aliphatic rings. The molecule has 0 aliphatic carbocycles. The zero-order chi connectivity index (χ0) is 15.7. The molecule has 0 N–H and O–H groups in total. The lowest BCUT2D eigenvalue weighted by Gasteiger charge is -2.11. The van der Waals surface area contributed by atoms with Gasteiger partial charge in [0.2, 0.25) is 5.91 Å². The number of fused-ring (bicyclic) bond motifs is 1. The number of hydrogen-bond acceptors (Lipinski definition) is 3. The van der Waals surface area contributed by atoms with E-state index >= 15 is 0 Å². The molecule has 4 heteroatoms. The van der Waals surface area contributed by atoms with E-state index in [1.165, 1.54) is 0 Å². The van der Waals surface area contributed by atoms with Gasteiger partial charge in [-0.05, 0) is 30.3 Å². The number of para-hydroxylation sites is 1. The molecule has 0 saturated heterocycles. The third kappa shape index (κ3) is 2.22. The molecule has 0 atom stereocenters. The van der Waals surface area contributed by atoms with Crippen molar-refractivity contribution in [3.05, 3.63) is 48.5 Å². The van der Waals surface area contributed by atoms with Crippen molar-refractivity contribution in [3.8, 4) is 22.8 Å². The Labute approximate surface area is 128 Å². The number of methoxy groups -OCH3 is 2. The summed E-state index contributed by atoms with van der Waals surface area (Å²) >= 11 is 0. The van der Waals surface area contributed by atoms with E-state index in [4.69, 9.17) is 9.47 Å². The van der Waals surface area contributed by atoms with Crippen LogP contribution in [-0.2, 0) is 0 Å². The lowest BCUT2D eigenvalue weighted by Crippen LogP contribution is -2.06. The first-order valence-corrected chi connectivity index (χ1v) is 6.99. The molecule has 0 spiro atoms. The fourth-order valence-corrected chi connectivity index (χ4v) is 2.70. The van der Waals surface area contributed by atoms with Crippen LogP contribution in [0.3, 0.4) is 0 Å². The average molecular weight is 295 g/mol. The largest absolute Gasteiger partial charge is 0.493 e. The minimum absolute atomic E-state index is 0.0222. The minimum atomic E-state index is -0.0222. The number of rotatable bonds is 3. The quantitative estimate of drug-likeness (QED) is 0.733. The molecule has 22 heavy (non-hydrogen) atoms. The van der Waals surface area contributed by atoms with Crippen LogP contribution in [0.15, 0.2) is 48.5 Å². The van der Waals surface area contributed by atoms with Crippen molar-refractivity contribution in [2.75, 3.05) is 14.2 Å². The molecule has 0 fully saturated rings. The van der Waals surface area contributed by atoms with E-state index in [0.29, 0.717) is 11.5 Å². The van der Waals surface area contributed by atoms with Crippen LogP contribution in [0, 0.1) is 0 Å². The fourth-order valence-electron chi connectivity index (χ4n) is 2.70. The monoisotopic (exact) mass is 295 g/mol. The predicted octanol–water partition coefficient (Wildman–Crippen LogP) is 3.99. The van der Waals surface area contributed by atoms with E-state index in [-0.39, 0.29) is 5.91 Å². The van der Waals surface area contributed by atoms with E-state index in [0.717, 1.165) is 22.2 Å². The zero-order valence-corrected chi connectivity index (χ0v) is 12.8. The smallest absolute Gasteiger partial charge is 0.228 e. The van der Waals surface area contributed by atoms with E-state index in [1.54, 1.807) is 25.7 Å². The van der Waals surface area contributed by atoms with Gasteiger partial charge in [-0.25, -0.2) is 0 Å². The summed E-state index contributed by atoms with van der Waals surface area (Å²) in [6.45, 7) is 1.57. The highest BCUT2D eigenvalue weighted by Crippen LogP contribution is 2.34. The highest BCUT2D eigenvalue weighted by Gasteiger charge is 2.15. The van der Waals surface area contributed by atoms with Gasteiger partial charge in [-0.1, -0.05) is 18.2 Å². The molecule has 0 radical (unpaired) electrons. The highest BCUT2D eigenvalue weighted by atomic mass is 16.5. The second-order valence-corrected chi connectivity index (χ2v) is 5.01. The van der Waals surface area contributed by atoms with Crippen molar-refractivity contribution < 1.29 is 14.3 Å². The van der Waals surface area contributed by atoms with E-state index < -0.39 is 0 Å². The SMILES string of the molecule is COc1ccc(-c2cc3ccccc3n2C(C)=O)cc1OC. The molecule has 2 aromatic carbocycles. The van der Waals surface area contributed by atoms with Crippen LogP contribution in [-0.4, -0.2) is 24.7 Å². The molecule has 3 rings (SSSR count). The maximum atomic E-state index is 12.1. The van der Waals surface area contributed by atoms with E-state index in [9.17, 15) is 4.79 Å². The summed E-state index contributed by atoms with van der Waals surface area (Å²) in [6.07, 6.45) is 0. The number of nitrogens with zero attached hydrogens (tertiary/aromatic N) is 1. The lowest BCUT2D eigenvalue weighted by molar-refractivity contribution is 0.0943. The Morgan fingerprint density at radius 1 is 0.955 bits per heavy atom. The number of carbonyl (C=O) groups excluding carboxylic acids is 1. The van der Waals surface area contributed by atoms with Crippen molar-refractivity contribution in [2.45, 2.75) is 6.92 Å². The standard InChI is InChI=1S/C18H17NO3/c1-12(20)19-15-7-5-4-6-13(15)10-16(19)14-8-9-17(21-2)18(11-14)22-3/h4-11H,1-3H3. The predicted molar refractivity (Wildman–Crippen MR) is 86.8 cm³/mol. The van der Waals surface area contributed by atoms with Gasteiger partial charge >= 0.3 is 0 Å². The van der Waals surface area contributed by atoms with E-state index in [1.807, 2.05) is 48.5 Å². The molecule has 4 nitrogen and oxygen atoms in total. The number of hydrogen-bond donors (Lipinski definition) is 0. The van der Waals surface area contributed by atoms with Gasteiger partial charge in [0.15, 0.2) is 11.5 Å². The maximum absolute atomic E-state index is 12.1. The van der Waals surface area contributed by atoms with Crippen molar-refractivity contribution in [1.82, 2.24) is 4.57 Å². The van der Waals surface area contributed by atoms with Crippen LogP contribution in [0.5, 0.6) is 11.5 Å². The lowest BCUT2D eigenvalue weighted by atomic mass is 10.1. The Morgan fingerprint density at radius 2 is 1.68 bits per heavy atom. The van der Waals surface area contributed by atoms with Gasteiger partial charge in [0.05, 0.1) is 25.4 Å². The Balaban J connectivity index is 2.26. The normalized spacial score (nSPS) is 10.7. The van der Waals surface area contributed by atoms with Crippen molar-refractivity contribution >= 4 is 16.8 Å². The molecule has 3 aromatic rings. The van der Waals surface area contributed by atoms with E-state index in [2.05, 4.69) is 0 Å². The Kier molecular flexibility index (Phi) is 3.59. The highest BCUT2D eigenvalue weighted by molar-refractivity contribution is 5.97. The van der Waals surface area contributed by atoms with Gasteiger partial charge in [-0.15, -0.1) is 0 Å². The molecule has 0 unspecified atom stereocenters. The zero-order valence-electron chi connectivity index (χ0n) is 12.8. The van der Waals surface area contributed by atoms with Gasteiger partial charge in [0.25, 0.3) is 0 Å². The summed E-state index contributed by atoms with van der Waals surface area (Å²) in [5, 5.41) is 1.03. The number of aromatic nitrogens is 1. The number of carbonyl (C=O) groups is 1. The fraction of sp³-hybridized carbons (Fsp3) is 0.167. The Hall–Kier alpha value is -2.75. The van der Waals surface area contributed by atoms with Crippen LogP contribution in [0.4, 0.5) is 0 Å². The summed E-state index contributed by atoms with van der Waals surface area (Å²) in [5.74, 6) is 1.28. The van der Waals surface area contributed by atoms with Gasteiger partial charge in [-0.2, -0.15) is 0 Å². The van der Waals surface area contributed by atoms with Gasteiger partial charge < -0.3 is 9.47 Å². The first-order chi connectivity index (χ1) is 10.7. The molecule has 0 amide bonds. The third-order valence-electron chi connectivity index (χ3n) is 3.70. The molecule has 1 heterocycles. The molecule has 0 bridgehead atoms. The molecule has 0 saturated carbocycles. The van der Waals surface area contributed by atoms with Crippen LogP contribution in [0.25, 0.3) is 22.2 Å². The van der Waals surface area contributed by atoms with Gasteiger partial charge in [0.1, 0.15) is 0 Å². The Morgan fingerprint density at radius 3 is 2.36 bits per heavy atom. The van der Waals surface area contributed by atoms with Crippen molar-refractivity contribution in [1.29, 1.82) is 0 Å². The first kappa shape index (κ1) is 14.2. The third-order valence-corrected chi connectivity index (χ3v) is 3.70. The van der Waals surface area contributed by atoms with Gasteiger partial charge in [-0.3, -0.25) is 9.36 Å². The van der Waals surface area contributed by atoms with Crippen molar-refractivity contribution in [2.24, 2.45) is 0 Å². The van der Waals surface area contributed by atoms with Gasteiger partial charge in [0, 0.05) is 17.9 Å². The first-order valence-electron chi connectivity index (χ1n) is 6.99. The van der Waals surface area contributed by atoms with Crippen LogP contribution < -0.4 is 9.47 Å². The summed E-state index contributed by atoms with van der Waals surface area (Å²) in [7, 11) is 3.20. The minimum Gasteiger partial charge on any atom is -0.493 e. The average Bonchev–Trinajstić information content (AvgIpc) is 2.93. The maximum Gasteiger partial charge on any atom is 0.228 e. The Bertz CT molecular complexity index is 849. The van der Waals surface area contributed by atoms with Crippen molar-refractivity contribution in [3.63, 3.8) is 0 Å². The van der Waals surface area contributed by atoms with Crippen LogP contribution in [0.1, 0.15) is 11.7 Å². The summed E-state index contributed by atoms with van der Waals surface area (Å²) in [4.78, 5) is 12.1. The van der Waals surface area contributed by atoms with Crippen LogP contribution >= 0.6 is 0 Å². The number of ether oxygens (including phenoxy) is 2. The molecular weight excluding hydrogens is 278 g/mol. The summed E-state index contributed by atoms with van der Waals surface area (Å²) in [5.41, 5.74) is 2.65. The number of benzene rings is 2. The summed E-state index contributed by atoms with van der Waals surface area (Å²) in [6, 6.07) is 15.5. The topological polar surface area (TPSA) is 40.5 Å². The molecule has 1 aromatic heterocycles.